The lowest BCUT2D eigenvalue weighted by Crippen LogP contribution is -2.38. The molecule has 2 aromatic rings. The van der Waals surface area contributed by atoms with Crippen LogP contribution < -0.4 is 10.6 Å². The van der Waals surface area contributed by atoms with Crippen molar-refractivity contribution in [3.63, 3.8) is 0 Å². The van der Waals surface area contributed by atoms with Gasteiger partial charge in [0.15, 0.2) is 0 Å². The molecule has 2 aromatic carbocycles. The summed E-state index contributed by atoms with van der Waals surface area (Å²) < 4.78 is 1.00. The van der Waals surface area contributed by atoms with Gasteiger partial charge < -0.3 is 10.6 Å². The Balaban J connectivity index is 1.79. The Morgan fingerprint density at radius 1 is 1.18 bits per heavy atom. The predicted octanol–water partition coefficient (Wildman–Crippen LogP) is 4.36. The van der Waals surface area contributed by atoms with E-state index in [1.165, 1.54) is 11.1 Å². The highest BCUT2D eigenvalue weighted by Crippen LogP contribution is 2.22. The van der Waals surface area contributed by atoms with E-state index in [0.29, 0.717) is 6.54 Å². The quantitative estimate of drug-likeness (QED) is 0.816. The molecule has 0 radical (unpaired) electrons. The van der Waals surface area contributed by atoms with Gasteiger partial charge in [-0.25, -0.2) is 4.79 Å². The van der Waals surface area contributed by atoms with Crippen LogP contribution >= 0.6 is 15.9 Å². The van der Waals surface area contributed by atoms with Gasteiger partial charge in [-0.05, 0) is 37.5 Å². The third-order valence-electron chi connectivity index (χ3n) is 3.50. The largest absolute Gasteiger partial charge is 0.338 e. The number of amides is 2. The molecule has 2 rings (SSSR count). The molecule has 1 unspecified atom stereocenters. The number of urea groups is 1. The van der Waals surface area contributed by atoms with Crippen molar-refractivity contribution < 1.29 is 4.79 Å². The molecule has 22 heavy (non-hydrogen) atoms. The average molecular weight is 361 g/mol. The first-order chi connectivity index (χ1) is 10.6. The second-order valence-corrected chi connectivity index (χ2v) is 6.24. The summed E-state index contributed by atoms with van der Waals surface area (Å²) in [6.07, 6.45) is 0.832. The summed E-state index contributed by atoms with van der Waals surface area (Å²) >= 11 is 3.51. The van der Waals surface area contributed by atoms with Gasteiger partial charge in [-0.3, -0.25) is 0 Å². The minimum atomic E-state index is -0.143. The van der Waals surface area contributed by atoms with Crippen LogP contribution in [0.25, 0.3) is 0 Å². The highest BCUT2D eigenvalue weighted by Gasteiger charge is 2.11. The van der Waals surface area contributed by atoms with Crippen LogP contribution in [0.3, 0.4) is 0 Å². The van der Waals surface area contributed by atoms with E-state index in [0.717, 1.165) is 16.5 Å². The minimum Gasteiger partial charge on any atom is -0.338 e. The summed E-state index contributed by atoms with van der Waals surface area (Å²) in [6, 6.07) is 16.1. The van der Waals surface area contributed by atoms with Gasteiger partial charge in [0, 0.05) is 11.0 Å². The zero-order valence-electron chi connectivity index (χ0n) is 12.9. The molecule has 0 aliphatic rings. The number of carbonyl (C=O) groups is 1. The molecule has 0 saturated carbocycles. The maximum Gasteiger partial charge on any atom is 0.315 e. The Bertz CT molecular complexity index is 642. The number of carbonyl (C=O) groups excluding carboxylic acids is 1. The van der Waals surface area contributed by atoms with Crippen molar-refractivity contribution in [3.8, 4) is 0 Å². The third kappa shape index (κ3) is 4.88. The van der Waals surface area contributed by atoms with E-state index < -0.39 is 0 Å². The van der Waals surface area contributed by atoms with E-state index in [1.54, 1.807) is 0 Å². The fourth-order valence-corrected chi connectivity index (χ4v) is 2.97. The van der Waals surface area contributed by atoms with Crippen molar-refractivity contribution >= 4 is 22.0 Å². The molecule has 0 aromatic heterocycles. The lowest BCUT2D eigenvalue weighted by Gasteiger charge is -2.16. The topological polar surface area (TPSA) is 41.1 Å². The zero-order valence-corrected chi connectivity index (χ0v) is 14.5. The van der Waals surface area contributed by atoms with Crippen LogP contribution in [0.2, 0.25) is 0 Å². The molecule has 0 spiro atoms. The van der Waals surface area contributed by atoms with Crippen molar-refractivity contribution in [3.05, 3.63) is 69.7 Å². The van der Waals surface area contributed by atoms with Gasteiger partial charge in [-0.1, -0.05) is 64.0 Å². The number of rotatable bonds is 5. The Kier molecular flexibility index (Phi) is 6.01. The van der Waals surface area contributed by atoms with Crippen LogP contribution in [0.4, 0.5) is 4.79 Å². The summed E-state index contributed by atoms with van der Waals surface area (Å²) in [7, 11) is 0. The predicted molar refractivity (Wildman–Crippen MR) is 94.0 cm³/mol. The molecule has 116 valence electrons. The van der Waals surface area contributed by atoms with Crippen LogP contribution in [0, 0.1) is 6.92 Å². The summed E-state index contributed by atoms with van der Waals surface area (Å²) in [5, 5.41) is 5.86. The number of hydrogen-bond donors (Lipinski definition) is 2. The second-order valence-electron chi connectivity index (χ2n) is 5.38. The Labute approximate surface area is 140 Å². The van der Waals surface area contributed by atoms with Crippen LogP contribution in [0.15, 0.2) is 53.0 Å². The molecule has 0 fully saturated rings. The first-order valence-electron chi connectivity index (χ1n) is 7.40. The van der Waals surface area contributed by atoms with Crippen molar-refractivity contribution in [1.82, 2.24) is 10.6 Å². The number of halogens is 1. The second kappa shape index (κ2) is 7.99. The van der Waals surface area contributed by atoms with E-state index in [4.69, 9.17) is 0 Å². The first kappa shape index (κ1) is 16.6. The Morgan fingerprint density at radius 3 is 2.68 bits per heavy atom. The van der Waals surface area contributed by atoms with Gasteiger partial charge in [-0.2, -0.15) is 0 Å². The smallest absolute Gasteiger partial charge is 0.315 e. The molecule has 0 bridgehead atoms. The summed E-state index contributed by atoms with van der Waals surface area (Å²) in [4.78, 5) is 12.0. The number of nitrogens with one attached hydrogen (secondary N) is 2. The molecule has 0 saturated heterocycles. The van der Waals surface area contributed by atoms with Gasteiger partial charge in [0.25, 0.3) is 0 Å². The van der Waals surface area contributed by atoms with Crippen LogP contribution in [-0.4, -0.2) is 12.6 Å². The lowest BCUT2D eigenvalue weighted by molar-refractivity contribution is 0.238. The maximum absolute atomic E-state index is 12.0. The number of aryl methyl sites for hydroxylation is 1. The van der Waals surface area contributed by atoms with Crippen molar-refractivity contribution in [2.45, 2.75) is 26.3 Å². The van der Waals surface area contributed by atoms with Gasteiger partial charge in [0.1, 0.15) is 0 Å². The van der Waals surface area contributed by atoms with E-state index in [2.05, 4.69) is 51.7 Å². The molecular formula is C18H21BrN2O. The normalized spacial score (nSPS) is 11.8. The van der Waals surface area contributed by atoms with Gasteiger partial charge in [0.2, 0.25) is 0 Å². The molecule has 0 heterocycles. The van der Waals surface area contributed by atoms with Crippen molar-refractivity contribution in [1.29, 1.82) is 0 Å². The highest BCUT2D eigenvalue weighted by atomic mass is 79.9. The first-order valence-corrected chi connectivity index (χ1v) is 8.20. The molecule has 0 aliphatic heterocycles. The molecule has 3 nitrogen and oxygen atoms in total. The Hall–Kier alpha value is -1.81. The number of benzene rings is 2. The molecule has 0 aliphatic carbocycles. The maximum atomic E-state index is 12.0. The standard InChI is InChI=1S/C18H21BrN2O/c1-13-6-5-7-15(12-13)10-11-20-18(22)21-14(2)16-8-3-4-9-17(16)19/h3-9,12,14H,10-11H2,1-2H3,(H2,20,21,22). The molecule has 4 heteroatoms. The van der Waals surface area contributed by atoms with Gasteiger partial charge in [0.05, 0.1) is 6.04 Å². The number of hydrogen-bond acceptors (Lipinski definition) is 1. The van der Waals surface area contributed by atoms with E-state index in [1.807, 2.05) is 37.3 Å². The average Bonchev–Trinajstić information content (AvgIpc) is 2.47. The third-order valence-corrected chi connectivity index (χ3v) is 4.22. The zero-order chi connectivity index (χ0) is 15.9. The minimum absolute atomic E-state index is 0.0467. The van der Waals surface area contributed by atoms with Crippen LogP contribution in [0.1, 0.15) is 29.7 Å². The summed E-state index contributed by atoms with van der Waals surface area (Å²) in [5.41, 5.74) is 3.54. The van der Waals surface area contributed by atoms with E-state index in [-0.39, 0.29) is 12.1 Å². The summed E-state index contributed by atoms with van der Waals surface area (Å²) in [5.74, 6) is 0. The fourth-order valence-electron chi connectivity index (χ4n) is 2.34. The van der Waals surface area contributed by atoms with E-state index >= 15 is 0 Å². The molecule has 1 atom stereocenters. The molecular weight excluding hydrogens is 340 g/mol. The lowest BCUT2D eigenvalue weighted by atomic mass is 10.1. The van der Waals surface area contributed by atoms with E-state index in [9.17, 15) is 4.79 Å². The van der Waals surface area contributed by atoms with Crippen molar-refractivity contribution in [2.24, 2.45) is 0 Å². The van der Waals surface area contributed by atoms with Crippen LogP contribution in [0.5, 0.6) is 0 Å². The van der Waals surface area contributed by atoms with Crippen molar-refractivity contribution in [2.75, 3.05) is 6.54 Å². The molecule has 2 N–H and O–H groups in total. The molecule has 2 amide bonds. The van der Waals surface area contributed by atoms with Crippen LogP contribution in [-0.2, 0) is 6.42 Å². The van der Waals surface area contributed by atoms with Gasteiger partial charge in [-0.15, -0.1) is 0 Å². The Morgan fingerprint density at radius 2 is 1.95 bits per heavy atom. The fraction of sp³-hybridized carbons (Fsp3) is 0.278. The van der Waals surface area contributed by atoms with Gasteiger partial charge >= 0.3 is 6.03 Å². The highest BCUT2D eigenvalue weighted by molar-refractivity contribution is 9.10. The summed E-state index contributed by atoms with van der Waals surface area (Å²) in [6.45, 7) is 4.67. The monoisotopic (exact) mass is 360 g/mol. The SMILES string of the molecule is Cc1cccc(CCNC(=O)NC(C)c2ccccc2Br)c1.